The van der Waals surface area contributed by atoms with Crippen LogP contribution in [0.2, 0.25) is 0 Å². The molecule has 6 nitrogen and oxygen atoms in total. The summed E-state index contributed by atoms with van der Waals surface area (Å²) in [6.07, 6.45) is 8.61. The van der Waals surface area contributed by atoms with Crippen LogP contribution in [0.4, 0.5) is 4.79 Å². The average Bonchev–Trinajstić information content (AvgIpc) is 2.47. The number of aromatic nitrogens is 2. The maximum absolute atomic E-state index is 12.0. The van der Waals surface area contributed by atoms with Gasteiger partial charge in [0.05, 0.1) is 18.4 Å². The Bertz CT molecular complexity index is 425. The van der Waals surface area contributed by atoms with Crippen molar-refractivity contribution in [2.45, 2.75) is 31.8 Å². The largest absolute Gasteiger partial charge is 0.336 e. The Morgan fingerprint density at radius 1 is 1.50 bits per heavy atom. The summed E-state index contributed by atoms with van der Waals surface area (Å²) in [4.78, 5) is 24.2. The van der Waals surface area contributed by atoms with E-state index in [0.717, 1.165) is 18.7 Å². The lowest BCUT2D eigenvalue weighted by Crippen LogP contribution is -2.47. The van der Waals surface area contributed by atoms with E-state index in [-0.39, 0.29) is 6.03 Å². The first-order valence-corrected chi connectivity index (χ1v) is 7.11. The van der Waals surface area contributed by atoms with Gasteiger partial charge in [0.2, 0.25) is 0 Å². The minimum absolute atomic E-state index is 0.0605. The van der Waals surface area contributed by atoms with Gasteiger partial charge in [-0.25, -0.2) is 4.79 Å². The number of rotatable bonds is 4. The molecule has 0 aromatic carbocycles. The fourth-order valence-electron chi connectivity index (χ4n) is 2.47. The van der Waals surface area contributed by atoms with Crippen LogP contribution in [0.5, 0.6) is 0 Å². The lowest BCUT2D eigenvalue weighted by Gasteiger charge is -2.32. The Morgan fingerprint density at radius 3 is 3.05 bits per heavy atom. The van der Waals surface area contributed by atoms with Crippen molar-refractivity contribution in [2.24, 2.45) is 0 Å². The molecule has 1 aliphatic rings. The Balaban J connectivity index is 1.76. The predicted molar refractivity (Wildman–Crippen MR) is 77.2 cm³/mol. The van der Waals surface area contributed by atoms with Gasteiger partial charge in [-0.3, -0.25) is 9.97 Å². The van der Waals surface area contributed by atoms with E-state index in [1.54, 1.807) is 30.5 Å². The van der Waals surface area contributed by atoms with Gasteiger partial charge in [0.25, 0.3) is 0 Å². The number of carbonyl (C=O) groups excluding carboxylic acids is 1. The van der Waals surface area contributed by atoms with Gasteiger partial charge in [0, 0.05) is 32.0 Å². The molecule has 1 fully saturated rings. The molecule has 110 valence electrons. The van der Waals surface area contributed by atoms with Crippen molar-refractivity contribution < 1.29 is 4.79 Å². The van der Waals surface area contributed by atoms with Crippen molar-refractivity contribution in [2.75, 3.05) is 27.2 Å². The van der Waals surface area contributed by atoms with Crippen LogP contribution in [-0.4, -0.2) is 59.0 Å². The van der Waals surface area contributed by atoms with E-state index in [9.17, 15) is 4.79 Å². The van der Waals surface area contributed by atoms with Gasteiger partial charge < -0.3 is 15.1 Å². The number of urea groups is 1. The van der Waals surface area contributed by atoms with Gasteiger partial charge >= 0.3 is 6.03 Å². The molecule has 0 radical (unpaired) electrons. The number of nitrogens with one attached hydrogen (secondary N) is 1. The summed E-state index contributed by atoms with van der Waals surface area (Å²) in [6.45, 7) is 2.30. The van der Waals surface area contributed by atoms with Crippen LogP contribution in [0, 0.1) is 0 Å². The van der Waals surface area contributed by atoms with Crippen molar-refractivity contribution in [3.8, 4) is 0 Å². The second kappa shape index (κ2) is 7.19. The van der Waals surface area contributed by atoms with E-state index in [1.165, 1.54) is 12.8 Å². The van der Waals surface area contributed by atoms with E-state index < -0.39 is 0 Å². The number of carbonyl (C=O) groups is 1. The number of hydrogen-bond donors (Lipinski definition) is 1. The highest BCUT2D eigenvalue weighted by Gasteiger charge is 2.20. The minimum Gasteiger partial charge on any atom is -0.336 e. The third kappa shape index (κ3) is 4.16. The average molecular weight is 277 g/mol. The SMILES string of the molecule is CN(Cc1cnccn1)C(=O)NC[C@@H]1CCCCN1C. The summed E-state index contributed by atoms with van der Waals surface area (Å²) in [5.74, 6) is 0. The first-order valence-electron chi connectivity index (χ1n) is 7.11. The minimum atomic E-state index is -0.0605. The molecule has 2 amide bonds. The van der Waals surface area contributed by atoms with Gasteiger partial charge in [-0.15, -0.1) is 0 Å². The summed E-state index contributed by atoms with van der Waals surface area (Å²) >= 11 is 0. The molecule has 0 unspecified atom stereocenters. The third-order valence-corrected chi connectivity index (χ3v) is 3.77. The van der Waals surface area contributed by atoms with Crippen molar-refractivity contribution in [1.29, 1.82) is 0 Å². The summed E-state index contributed by atoms with van der Waals surface area (Å²) in [7, 11) is 3.90. The van der Waals surface area contributed by atoms with Crippen LogP contribution in [0.15, 0.2) is 18.6 Å². The zero-order valence-corrected chi connectivity index (χ0v) is 12.2. The Labute approximate surface area is 120 Å². The molecule has 0 spiro atoms. The zero-order chi connectivity index (χ0) is 14.4. The molecule has 0 aliphatic carbocycles. The lowest BCUT2D eigenvalue weighted by atomic mass is 10.0. The fraction of sp³-hybridized carbons (Fsp3) is 0.643. The van der Waals surface area contributed by atoms with Crippen LogP contribution in [-0.2, 0) is 6.54 Å². The molecule has 6 heteroatoms. The van der Waals surface area contributed by atoms with Crippen LogP contribution in [0.25, 0.3) is 0 Å². The van der Waals surface area contributed by atoms with E-state index >= 15 is 0 Å². The smallest absolute Gasteiger partial charge is 0.317 e. The van der Waals surface area contributed by atoms with E-state index in [1.807, 2.05) is 0 Å². The predicted octanol–water partition coefficient (Wildman–Crippen LogP) is 1.10. The highest BCUT2D eigenvalue weighted by molar-refractivity contribution is 5.73. The molecule has 2 heterocycles. The second-order valence-corrected chi connectivity index (χ2v) is 5.37. The number of piperidine rings is 1. The van der Waals surface area contributed by atoms with Gasteiger partial charge in [-0.1, -0.05) is 6.42 Å². The Hall–Kier alpha value is -1.69. The quantitative estimate of drug-likeness (QED) is 0.895. The van der Waals surface area contributed by atoms with Crippen LogP contribution in [0.1, 0.15) is 25.0 Å². The van der Waals surface area contributed by atoms with Crippen LogP contribution < -0.4 is 5.32 Å². The van der Waals surface area contributed by atoms with E-state index in [0.29, 0.717) is 19.1 Å². The number of amides is 2. The van der Waals surface area contributed by atoms with Crippen molar-refractivity contribution in [1.82, 2.24) is 25.1 Å². The summed E-state index contributed by atoms with van der Waals surface area (Å²) in [5, 5.41) is 3.00. The van der Waals surface area contributed by atoms with Gasteiger partial charge in [0.15, 0.2) is 0 Å². The lowest BCUT2D eigenvalue weighted by molar-refractivity contribution is 0.171. The Kier molecular flexibility index (Phi) is 5.29. The maximum Gasteiger partial charge on any atom is 0.317 e. The molecule has 1 aromatic rings. The third-order valence-electron chi connectivity index (χ3n) is 3.77. The molecule has 1 N–H and O–H groups in total. The molecule has 20 heavy (non-hydrogen) atoms. The van der Waals surface area contributed by atoms with Crippen molar-refractivity contribution >= 4 is 6.03 Å². The first kappa shape index (κ1) is 14.7. The topological polar surface area (TPSA) is 61.4 Å². The molecule has 1 saturated heterocycles. The Morgan fingerprint density at radius 2 is 2.35 bits per heavy atom. The molecular weight excluding hydrogens is 254 g/mol. The van der Waals surface area contributed by atoms with Gasteiger partial charge in [0.1, 0.15) is 0 Å². The molecule has 1 aromatic heterocycles. The van der Waals surface area contributed by atoms with Gasteiger partial charge in [-0.2, -0.15) is 0 Å². The second-order valence-electron chi connectivity index (χ2n) is 5.37. The van der Waals surface area contributed by atoms with Crippen molar-refractivity contribution in [3.63, 3.8) is 0 Å². The summed E-state index contributed by atoms with van der Waals surface area (Å²) in [5.41, 5.74) is 0.792. The van der Waals surface area contributed by atoms with Crippen LogP contribution in [0.3, 0.4) is 0 Å². The normalized spacial score (nSPS) is 19.6. The first-order chi connectivity index (χ1) is 9.66. The fourth-order valence-corrected chi connectivity index (χ4v) is 2.47. The summed E-state index contributed by atoms with van der Waals surface area (Å²) in [6, 6.07) is 0.396. The number of nitrogens with zero attached hydrogens (tertiary/aromatic N) is 4. The molecular formula is C14H23N5O. The standard InChI is InChI=1S/C14H23N5O/c1-18-8-4-3-5-13(18)10-17-14(20)19(2)11-12-9-15-6-7-16-12/h6-7,9,13H,3-5,8,10-11H2,1-2H3,(H,17,20)/t13-/m0/s1. The number of likely N-dealkylation sites (tertiary alicyclic amines) is 1. The summed E-state index contributed by atoms with van der Waals surface area (Å²) < 4.78 is 0. The molecule has 2 rings (SSSR count). The van der Waals surface area contributed by atoms with Gasteiger partial charge in [-0.05, 0) is 26.4 Å². The number of likely N-dealkylation sites (N-methyl/N-ethyl adjacent to an activating group) is 1. The van der Waals surface area contributed by atoms with Crippen LogP contribution >= 0.6 is 0 Å². The maximum atomic E-state index is 12.0. The molecule has 0 bridgehead atoms. The van der Waals surface area contributed by atoms with E-state index in [4.69, 9.17) is 0 Å². The zero-order valence-electron chi connectivity index (χ0n) is 12.2. The molecule has 1 aliphatic heterocycles. The van der Waals surface area contributed by atoms with Crippen molar-refractivity contribution in [3.05, 3.63) is 24.3 Å². The highest BCUT2D eigenvalue weighted by atomic mass is 16.2. The molecule has 0 saturated carbocycles. The highest BCUT2D eigenvalue weighted by Crippen LogP contribution is 2.14. The molecule has 1 atom stereocenters. The monoisotopic (exact) mass is 277 g/mol. The number of hydrogen-bond acceptors (Lipinski definition) is 4. The van der Waals surface area contributed by atoms with E-state index in [2.05, 4.69) is 27.2 Å².